The molecular weight excluding hydrogens is 302 g/mol. The number of methoxy groups -OCH3 is 1. The standard InChI is InChI=1S/C19H23N3O2/c1-23-14-19(17-10-6-5-7-15(17)11-12-24-19)13-21-18(20)22-16-8-3-2-4-9-16/h2-10H,11-14H2,1H3,(H3,20,21,22). The van der Waals surface area contributed by atoms with Gasteiger partial charge in [-0.3, -0.25) is 0 Å². The van der Waals surface area contributed by atoms with Crippen molar-refractivity contribution in [2.75, 3.05) is 32.2 Å². The molecule has 0 fully saturated rings. The first-order valence-electron chi connectivity index (χ1n) is 8.07. The molecule has 2 aromatic rings. The molecule has 0 amide bonds. The Bertz CT molecular complexity index is 703. The van der Waals surface area contributed by atoms with Crippen LogP contribution < -0.4 is 11.1 Å². The highest BCUT2D eigenvalue weighted by Gasteiger charge is 2.38. The molecule has 1 aliphatic rings. The fourth-order valence-electron chi connectivity index (χ4n) is 3.07. The lowest BCUT2D eigenvalue weighted by molar-refractivity contribution is -0.0959. The first-order chi connectivity index (χ1) is 11.7. The van der Waals surface area contributed by atoms with Crippen molar-refractivity contribution in [3.8, 4) is 0 Å². The highest BCUT2D eigenvalue weighted by atomic mass is 16.5. The number of para-hydroxylation sites is 1. The van der Waals surface area contributed by atoms with Gasteiger partial charge in [0.25, 0.3) is 0 Å². The van der Waals surface area contributed by atoms with E-state index < -0.39 is 5.60 Å². The molecule has 2 aromatic carbocycles. The second-order valence-corrected chi connectivity index (χ2v) is 5.88. The Morgan fingerprint density at radius 1 is 1.21 bits per heavy atom. The number of guanidine groups is 1. The van der Waals surface area contributed by atoms with Crippen LogP contribution in [0, 0.1) is 0 Å². The van der Waals surface area contributed by atoms with Crippen LogP contribution in [-0.4, -0.2) is 32.8 Å². The molecule has 5 heteroatoms. The number of hydrogen-bond acceptors (Lipinski definition) is 3. The van der Waals surface area contributed by atoms with Crippen LogP contribution in [0.2, 0.25) is 0 Å². The van der Waals surface area contributed by atoms with Gasteiger partial charge in [-0.05, 0) is 29.7 Å². The van der Waals surface area contributed by atoms with Gasteiger partial charge in [0.2, 0.25) is 0 Å². The summed E-state index contributed by atoms with van der Waals surface area (Å²) in [5, 5.41) is 3.10. The predicted octanol–water partition coefficient (Wildman–Crippen LogP) is 2.53. The fourth-order valence-corrected chi connectivity index (χ4v) is 3.07. The van der Waals surface area contributed by atoms with Crippen molar-refractivity contribution in [1.82, 2.24) is 0 Å². The number of rotatable bonds is 5. The van der Waals surface area contributed by atoms with Gasteiger partial charge in [0.15, 0.2) is 5.96 Å². The van der Waals surface area contributed by atoms with E-state index in [0.29, 0.717) is 25.7 Å². The van der Waals surface area contributed by atoms with E-state index in [4.69, 9.17) is 15.2 Å². The molecule has 24 heavy (non-hydrogen) atoms. The summed E-state index contributed by atoms with van der Waals surface area (Å²) in [7, 11) is 1.68. The van der Waals surface area contributed by atoms with Crippen LogP contribution in [0.15, 0.2) is 59.6 Å². The number of anilines is 1. The molecule has 3 rings (SSSR count). The van der Waals surface area contributed by atoms with E-state index in [1.807, 2.05) is 36.4 Å². The smallest absolute Gasteiger partial charge is 0.193 e. The summed E-state index contributed by atoms with van der Waals surface area (Å²) in [4.78, 5) is 4.51. The van der Waals surface area contributed by atoms with E-state index in [2.05, 4.69) is 28.5 Å². The van der Waals surface area contributed by atoms with Crippen molar-refractivity contribution in [2.45, 2.75) is 12.0 Å². The Morgan fingerprint density at radius 2 is 1.96 bits per heavy atom. The molecule has 0 saturated carbocycles. The van der Waals surface area contributed by atoms with Gasteiger partial charge in [0, 0.05) is 12.8 Å². The van der Waals surface area contributed by atoms with E-state index in [0.717, 1.165) is 17.7 Å². The molecule has 1 aliphatic heterocycles. The maximum Gasteiger partial charge on any atom is 0.193 e. The molecule has 0 saturated heterocycles. The number of nitrogens with two attached hydrogens (primary N) is 1. The second-order valence-electron chi connectivity index (χ2n) is 5.88. The lowest BCUT2D eigenvalue weighted by atomic mass is 9.86. The molecule has 1 unspecified atom stereocenters. The van der Waals surface area contributed by atoms with Gasteiger partial charge in [-0.1, -0.05) is 42.5 Å². The Balaban J connectivity index is 1.81. The Labute approximate surface area is 142 Å². The molecule has 5 nitrogen and oxygen atoms in total. The van der Waals surface area contributed by atoms with Crippen molar-refractivity contribution in [1.29, 1.82) is 0 Å². The zero-order valence-corrected chi connectivity index (χ0v) is 13.9. The van der Waals surface area contributed by atoms with E-state index in [-0.39, 0.29) is 0 Å². The Hall–Kier alpha value is -2.37. The van der Waals surface area contributed by atoms with Gasteiger partial charge >= 0.3 is 0 Å². The third-order valence-electron chi connectivity index (χ3n) is 4.19. The minimum absolute atomic E-state index is 0.364. The maximum absolute atomic E-state index is 6.12. The topological polar surface area (TPSA) is 68.9 Å². The first-order valence-corrected chi connectivity index (χ1v) is 8.07. The van der Waals surface area contributed by atoms with Crippen molar-refractivity contribution in [2.24, 2.45) is 10.7 Å². The average Bonchev–Trinajstić information content (AvgIpc) is 2.62. The number of fused-ring (bicyclic) bond motifs is 1. The summed E-state index contributed by atoms with van der Waals surface area (Å²) >= 11 is 0. The normalized spacial score (nSPS) is 20.5. The number of aliphatic imine (C=N–C) groups is 1. The van der Waals surface area contributed by atoms with Gasteiger partial charge in [0.05, 0.1) is 19.8 Å². The SMILES string of the molecule is COCC1(CN=C(N)Nc2ccccc2)OCCc2ccccc21. The van der Waals surface area contributed by atoms with Gasteiger partial charge < -0.3 is 20.5 Å². The zero-order chi connectivity index (χ0) is 16.8. The fraction of sp³-hybridized carbons (Fsp3) is 0.316. The highest BCUT2D eigenvalue weighted by molar-refractivity contribution is 5.92. The molecule has 0 aromatic heterocycles. The number of nitrogens with zero attached hydrogens (tertiary/aromatic N) is 1. The molecule has 0 aliphatic carbocycles. The number of ether oxygens (including phenoxy) is 2. The Morgan fingerprint density at radius 3 is 2.75 bits per heavy atom. The van der Waals surface area contributed by atoms with Gasteiger partial charge in [-0.2, -0.15) is 0 Å². The van der Waals surface area contributed by atoms with E-state index in [9.17, 15) is 0 Å². The van der Waals surface area contributed by atoms with Crippen LogP contribution >= 0.6 is 0 Å². The van der Waals surface area contributed by atoms with Crippen molar-refractivity contribution in [3.63, 3.8) is 0 Å². The summed E-state index contributed by atoms with van der Waals surface area (Å²) in [6, 6.07) is 18.0. The lowest BCUT2D eigenvalue weighted by Crippen LogP contribution is -2.43. The summed E-state index contributed by atoms with van der Waals surface area (Å²) in [6.07, 6.45) is 0.906. The molecule has 126 valence electrons. The molecule has 0 spiro atoms. The summed E-state index contributed by atoms with van der Waals surface area (Å²) in [5.74, 6) is 0.364. The molecular formula is C19H23N3O2. The van der Waals surface area contributed by atoms with E-state index in [1.54, 1.807) is 7.11 Å². The summed E-state index contributed by atoms with van der Waals surface area (Å²) in [6.45, 7) is 1.50. The van der Waals surface area contributed by atoms with Gasteiger partial charge in [-0.25, -0.2) is 4.99 Å². The van der Waals surface area contributed by atoms with Crippen molar-refractivity contribution in [3.05, 3.63) is 65.7 Å². The largest absolute Gasteiger partial charge is 0.381 e. The second kappa shape index (κ2) is 7.47. The van der Waals surface area contributed by atoms with Crippen LogP contribution in [0.3, 0.4) is 0 Å². The first kappa shape index (κ1) is 16.5. The van der Waals surface area contributed by atoms with Gasteiger partial charge in [-0.15, -0.1) is 0 Å². The lowest BCUT2D eigenvalue weighted by Gasteiger charge is -2.37. The summed E-state index contributed by atoms with van der Waals surface area (Å²) < 4.78 is 11.6. The molecule has 3 N–H and O–H groups in total. The third-order valence-corrected chi connectivity index (χ3v) is 4.19. The van der Waals surface area contributed by atoms with Crippen LogP contribution in [0.1, 0.15) is 11.1 Å². The van der Waals surface area contributed by atoms with Crippen LogP contribution in [-0.2, 0) is 21.5 Å². The van der Waals surface area contributed by atoms with Crippen molar-refractivity contribution < 1.29 is 9.47 Å². The monoisotopic (exact) mass is 325 g/mol. The minimum Gasteiger partial charge on any atom is -0.381 e. The highest BCUT2D eigenvalue weighted by Crippen LogP contribution is 2.34. The molecule has 1 heterocycles. The number of benzene rings is 2. The quantitative estimate of drug-likeness (QED) is 0.655. The number of nitrogens with one attached hydrogen (secondary N) is 1. The van der Waals surface area contributed by atoms with Crippen LogP contribution in [0.25, 0.3) is 0 Å². The molecule has 1 atom stereocenters. The maximum atomic E-state index is 6.12. The summed E-state index contributed by atoms with van der Waals surface area (Å²) in [5.41, 5.74) is 8.77. The van der Waals surface area contributed by atoms with Crippen LogP contribution in [0.5, 0.6) is 0 Å². The van der Waals surface area contributed by atoms with Crippen molar-refractivity contribution >= 4 is 11.6 Å². The molecule has 0 radical (unpaired) electrons. The third kappa shape index (κ3) is 3.58. The minimum atomic E-state index is -0.591. The zero-order valence-electron chi connectivity index (χ0n) is 13.9. The van der Waals surface area contributed by atoms with Crippen LogP contribution in [0.4, 0.5) is 5.69 Å². The Kier molecular flexibility index (Phi) is 5.13. The predicted molar refractivity (Wildman–Crippen MR) is 96.2 cm³/mol. The average molecular weight is 325 g/mol. The van der Waals surface area contributed by atoms with Gasteiger partial charge in [0.1, 0.15) is 5.60 Å². The molecule has 0 bridgehead atoms. The van der Waals surface area contributed by atoms with E-state index >= 15 is 0 Å². The number of hydrogen-bond donors (Lipinski definition) is 2. The van der Waals surface area contributed by atoms with E-state index in [1.165, 1.54) is 5.56 Å².